The Balaban J connectivity index is 1.73. The second-order valence-electron chi connectivity index (χ2n) is 7.10. The van der Waals surface area contributed by atoms with E-state index in [4.69, 9.17) is 12.2 Å². The van der Waals surface area contributed by atoms with Gasteiger partial charge in [0.2, 0.25) is 0 Å². The molecule has 0 saturated carbocycles. The lowest BCUT2D eigenvalue weighted by molar-refractivity contribution is 0.310. The molecule has 3 aromatic heterocycles. The fourth-order valence-corrected chi connectivity index (χ4v) is 3.86. The Morgan fingerprint density at radius 2 is 2.04 bits per heavy atom. The van der Waals surface area contributed by atoms with Crippen LogP contribution in [0.15, 0.2) is 67.4 Å². The molecule has 1 fully saturated rings. The van der Waals surface area contributed by atoms with Gasteiger partial charge in [-0.05, 0) is 61.5 Å². The third kappa shape index (κ3) is 3.57. The number of thiocarbonyl (C=S) groups is 1. The lowest BCUT2D eigenvalue weighted by Gasteiger charge is -2.27. The van der Waals surface area contributed by atoms with Crippen molar-refractivity contribution in [2.45, 2.75) is 38.5 Å². The van der Waals surface area contributed by atoms with Gasteiger partial charge < -0.3 is 14.8 Å². The van der Waals surface area contributed by atoms with E-state index in [1.807, 2.05) is 30.6 Å². The molecular weight excluding hydrogens is 354 g/mol. The minimum absolute atomic E-state index is 0.0124. The Kier molecular flexibility index (Phi) is 4.90. The molecule has 0 unspecified atom stereocenters. The third-order valence-electron chi connectivity index (χ3n) is 4.95. The Morgan fingerprint density at radius 3 is 2.70 bits per heavy atom. The van der Waals surface area contributed by atoms with Crippen LogP contribution in [0, 0.1) is 0 Å². The molecule has 1 aliphatic rings. The van der Waals surface area contributed by atoms with Crippen LogP contribution in [-0.4, -0.2) is 24.5 Å². The monoisotopic (exact) mass is 377 g/mol. The Labute approximate surface area is 165 Å². The summed E-state index contributed by atoms with van der Waals surface area (Å²) < 4.78 is 2.23. The third-order valence-corrected chi connectivity index (χ3v) is 5.30. The second kappa shape index (κ2) is 7.48. The smallest absolute Gasteiger partial charge is 0.170 e. The molecule has 6 heteroatoms. The first-order valence-electron chi connectivity index (χ1n) is 9.18. The highest BCUT2D eigenvalue weighted by molar-refractivity contribution is 7.80. The summed E-state index contributed by atoms with van der Waals surface area (Å²) in [6.07, 6.45) is 9.88. The maximum Gasteiger partial charge on any atom is 0.170 e. The highest BCUT2D eigenvalue weighted by Crippen LogP contribution is 2.39. The quantitative estimate of drug-likeness (QED) is 0.680. The molecule has 27 heavy (non-hydrogen) atoms. The number of nitrogens with one attached hydrogen (secondary N) is 1. The first kappa shape index (κ1) is 17.7. The normalized spacial score (nSPS) is 19.5. The molecule has 2 atom stereocenters. The Bertz CT molecular complexity index is 907. The highest BCUT2D eigenvalue weighted by Gasteiger charge is 2.40. The summed E-state index contributed by atoms with van der Waals surface area (Å²) in [5.41, 5.74) is 3.36. The molecule has 0 spiro atoms. The van der Waals surface area contributed by atoms with Crippen LogP contribution >= 0.6 is 12.2 Å². The van der Waals surface area contributed by atoms with Crippen molar-refractivity contribution in [3.05, 3.63) is 84.2 Å². The Hall–Kier alpha value is -2.73. The van der Waals surface area contributed by atoms with Crippen molar-refractivity contribution in [3.8, 4) is 0 Å². The molecule has 4 heterocycles. The van der Waals surface area contributed by atoms with Gasteiger partial charge in [0.1, 0.15) is 0 Å². The van der Waals surface area contributed by atoms with Gasteiger partial charge in [-0.15, -0.1) is 0 Å². The summed E-state index contributed by atoms with van der Waals surface area (Å²) in [6.45, 7) is 5.08. The van der Waals surface area contributed by atoms with Gasteiger partial charge in [0.15, 0.2) is 5.11 Å². The van der Waals surface area contributed by atoms with E-state index in [-0.39, 0.29) is 12.1 Å². The van der Waals surface area contributed by atoms with E-state index >= 15 is 0 Å². The van der Waals surface area contributed by atoms with E-state index < -0.39 is 0 Å². The van der Waals surface area contributed by atoms with Gasteiger partial charge in [0, 0.05) is 43.6 Å². The molecule has 138 valence electrons. The Morgan fingerprint density at radius 1 is 1.15 bits per heavy atom. The lowest BCUT2D eigenvalue weighted by atomic mass is 9.99. The summed E-state index contributed by atoms with van der Waals surface area (Å²) >= 11 is 5.71. The van der Waals surface area contributed by atoms with Crippen LogP contribution in [0.1, 0.15) is 48.8 Å². The van der Waals surface area contributed by atoms with Gasteiger partial charge in [0.05, 0.1) is 17.8 Å². The number of aromatic nitrogens is 3. The first-order valence-corrected chi connectivity index (χ1v) is 9.58. The maximum atomic E-state index is 5.71. The van der Waals surface area contributed by atoms with E-state index in [1.54, 1.807) is 6.20 Å². The van der Waals surface area contributed by atoms with Crippen molar-refractivity contribution in [3.63, 3.8) is 0 Å². The summed E-state index contributed by atoms with van der Waals surface area (Å²) in [4.78, 5) is 11.1. The molecule has 0 amide bonds. The van der Waals surface area contributed by atoms with Gasteiger partial charge in [-0.2, -0.15) is 0 Å². The SMILES string of the molecule is CC(C)n1ccc([C@H]2[C@@H](c3ccccn3)NC(=S)N2Cc2cccnc2)c1. The van der Waals surface area contributed by atoms with Crippen LogP contribution in [0.5, 0.6) is 0 Å². The first-order chi connectivity index (χ1) is 13.1. The van der Waals surface area contributed by atoms with Crippen LogP contribution in [-0.2, 0) is 6.54 Å². The number of pyridine rings is 2. The minimum Gasteiger partial charge on any atom is -0.352 e. The maximum absolute atomic E-state index is 5.71. The largest absolute Gasteiger partial charge is 0.352 e. The average Bonchev–Trinajstić information content (AvgIpc) is 3.29. The van der Waals surface area contributed by atoms with E-state index in [0.29, 0.717) is 12.6 Å². The topological polar surface area (TPSA) is 46.0 Å². The summed E-state index contributed by atoms with van der Waals surface area (Å²) in [7, 11) is 0. The van der Waals surface area contributed by atoms with Gasteiger partial charge in [-0.1, -0.05) is 12.1 Å². The molecule has 0 bridgehead atoms. The summed E-state index contributed by atoms with van der Waals surface area (Å²) in [5, 5.41) is 4.24. The van der Waals surface area contributed by atoms with Gasteiger partial charge >= 0.3 is 0 Å². The van der Waals surface area contributed by atoms with Crippen molar-refractivity contribution in [2.75, 3.05) is 0 Å². The fraction of sp³-hybridized carbons (Fsp3) is 0.286. The van der Waals surface area contributed by atoms with Gasteiger partial charge in [-0.3, -0.25) is 9.97 Å². The molecule has 0 aliphatic carbocycles. The second-order valence-corrected chi connectivity index (χ2v) is 7.49. The molecule has 0 radical (unpaired) electrons. The van der Waals surface area contributed by atoms with E-state index in [1.165, 1.54) is 5.56 Å². The van der Waals surface area contributed by atoms with Crippen LogP contribution in [0.4, 0.5) is 0 Å². The fourth-order valence-electron chi connectivity index (χ4n) is 3.55. The van der Waals surface area contributed by atoms with Crippen LogP contribution in [0.25, 0.3) is 0 Å². The highest BCUT2D eigenvalue weighted by atomic mass is 32.1. The zero-order chi connectivity index (χ0) is 18.8. The zero-order valence-corrected chi connectivity index (χ0v) is 16.3. The molecule has 3 aromatic rings. The van der Waals surface area contributed by atoms with Crippen LogP contribution < -0.4 is 5.32 Å². The van der Waals surface area contributed by atoms with Crippen LogP contribution in [0.2, 0.25) is 0 Å². The number of hydrogen-bond acceptors (Lipinski definition) is 3. The molecular formula is C21H23N5S. The van der Waals surface area contributed by atoms with E-state index in [2.05, 4.69) is 69.2 Å². The van der Waals surface area contributed by atoms with Crippen molar-refractivity contribution in [1.29, 1.82) is 0 Å². The predicted molar refractivity (Wildman–Crippen MR) is 110 cm³/mol. The average molecular weight is 378 g/mol. The van der Waals surface area contributed by atoms with Gasteiger partial charge in [0.25, 0.3) is 0 Å². The predicted octanol–water partition coefficient (Wildman–Crippen LogP) is 4.03. The van der Waals surface area contributed by atoms with Crippen LogP contribution in [0.3, 0.4) is 0 Å². The van der Waals surface area contributed by atoms with Crippen molar-refractivity contribution >= 4 is 17.3 Å². The number of hydrogen-bond donors (Lipinski definition) is 1. The standard InChI is InChI=1S/C21H23N5S/c1-15(2)25-11-8-17(14-25)20-19(18-7-3-4-10-23-18)24-21(27)26(20)13-16-6-5-9-22-12-16/h3-12,14-15,19-20H,13H2,1-2H3,(H,24,27)/t19-,20+/m1/s1. The van der Waals surface area contributed by atoms with Gasteiger partial charge in [-0.25, -0.2) is 0 Å². The summed E-state index contributed by atoms with van der Waals surface area (Å²) in [5.74, 6) is 0. The molecule has 0 aromatic carbocycles. The molecule has 1 aliphatic heterocycles. The van der Waals surface area contributed by atoms with Crippen molar-refractivity contribution < 1.29 is 0 Å². The molecule has 4 rings (SSSR count). The molecule has 5 nitrogen and oxygen atoms in total. The molecule has 1 N–H and O–H groups in total. The zero-order valence-electron chi connectivity index (χ0n) is 15.5. The van der Waals surface area contributed by atoms with Crippen molar-refractivity contribution in [2.24, 2.45) is 0 Å². The summed E-state index contributed by atoms with van der Waals surface area (Å²) in [6, 6.07) is 12.8. The molecule has 1 saturated heterocycles. The minimum atomic E-state index is 0.0124. The lowest BCUT2D eigenvalue weighted by Crippen LogP contribution is -2.29. The number of rotatable bonds is 5. The van der Waals surface area contributed by atoms with E-state index in [9.17, 15) is 0 Å². The van der Waals surface area contributed by atoms with Crippen molar-refractivity contribution in [1.82, 2.24) is 24.8 Å². The number of nitrogens with zero attached hydrogens (tertiary/aromatic N) is 4. The van der Waals surface area contributed by atoms with E-state index in [0.717, 1.165) is 16.4 Å².